The van der Waals surface area contributed by atoms with E-state index in [9.17, 15) is 9.90 Å². The van der Waals surface area contributed by atoms with Gasteiger partial charge >= 0.3 is 0 Å². The van der Waals surface area contributed by atoms with Gasteiger partial charge in [-0.1, -0.05) is 24.6 Å². The smallest absolute Gasteiger partial charge is 0.259 e. The average Bonchev–Trinajstić information content (AvgIpc) is 2.58. The zero-order valence-electron chi connectivity index (χ0n) is 13.6. The molecule has 0 aliphatic carbocycles. The van der Waals surface area contributed by atoms with Gasteiger partial charge in [0.2, 0.25) is 0 Å². The van der Waals surface area contributed by atoms with Crippen LogP contribution in [0.3, 0.4) is 0 Å². The van der Waals surface area contributed by atoms with Crippen molar-refractivity contribution in [3.8, 4) is 5.75 Å². The molecule has 0 heterocycles. The summed E-state index contributed by atoms with van der Waals surface area (Å²) in [6.45, 7) is 3.93. The number of hydrogen-bond donors (Lipinski definition) is 3. The van der Waals surface area contributed by atoms with Gasteiger partial charge in [0.15, 0.2) is 0 Å². The number of rotatable bonds is 6. The zero-order valence-corrected chi connectivity index (χ0v) is 14.4. The number of nitrogens with one attached hydrogen (secondary N) is 2. The SMILES string of the molecule is CC/C(=N/NC(=O)CNc1cccc(Cl)c1C)c1ccc(O)cc1. The van der Waals surface area contributed by atoms with Gasteiger partial charge in [0, 0.05) is 10.7 Å². The van der Waals surface area contributed by atoms with E-state index in [1.54, 1.807) is 30.3 Å². The number of carbonyl (C=O) groups excluding carboxylic acids is 1. The number of phenolic OH excluding ortho intramolecular Hbond substituents is 1. The van der Waals surface area contributed by atoms with Crippen LogP contribution in [0.4, 0.5) is 5.69 Å². The molecule has 0 radical (unpaired) electrons. The number of halogens is 1. The van der Waals surface area contributed by atoms with Crippen LogP contribution in [0.1, 0.15) is 24.5 Å². The fraction of sp³-hybridized carbons (Fsp3) is 0.222. The van der Waals surface area contributed by atoms with Crippen LogP contribution in [0.25, 0.3) is 0 Å². The molecular weight excluding hydrogens is 326 g/mol. The quantitative estimate of drug-likeness (QED) is 0.552. The minimum absolute atomic E-state index is 0.0945. The molecule has 0 saturated carbocycles. The Labute approximate surface area is 146 Å². The Kier molecular flexibility index (Phi) is 6.21. The summed E-state index contributed by atoms with van der Waals surface area (Å²) in [5, 5.41) is 17.2. The molecule has 0 spiro atoms. The zero-order chi connectivity index (χ0) is 17.5. The third kappa shape index (κ3) is 4.73. The molecule has 6 heteroatoms. The molecule has 24 heavy (non-hydrogen) atoms. The van der Waals surface area contributed by atoms with E-state index in [0.717, 1.165) is 22.5 Å². The Bertz CT molecular complexity index is 742. The Morgan fingerprint density at radius 3 is 2.58 bits per heavy atom. The van der Waals surface area contributed by atoms with Crippen molar-refractivity contribution in [2.75, 3.05) is 11.9 Å². The topological polar surface area (TPSA) is 73.7 Å². The molecule has 0 aromatic heterocycles. The summed E-state index contributed by atoms with van der Waals surface area (Å²) in [7, 11) is 0. The molecule has 0 aliphatic heterocycles. The number of nitrogens with zero attached hydrogens (tertiary/aromatic N) is 1. The maximum absolute atomic E-state index is 12.0. The van der Waals surface area contributed by atoms with E-state index in [-0.39, 0.29) is 18.2 Å². The fourth-order valence-electron chi connectivity index (χ4n) is 2.15. The van der Waals surface area contributed by atoms with Crippen LogP contribution < -0.4 is 10.7 Å². The van der Waals surface area contributed by atoms with Gasteiger partial charge in [0.1, 0.15) is 5.75 Å². The van der Waals surface area contributed by atoms with Crippen molar-refractivity contribution < 1.29 is 9.90 Å². The lowest BCUT2D eigenvalue weighted by Crippen LogP contribution is -2.27. The highest BCUT2D eigenvalue weighted by molar-refractivity contribution is 6.31. The first-order valence-electron chi connectivity index (χ1n) is 7.65. The Hall–Kier alpha value is -2.53. The number of carbonyl (C=O) groups is 1. The normalized spacial score (nSPS) is 11.2. The number of hydrazone groups is 1. The van der Waals surface area contributed by atoms with Crippen molar-refractivity contribution in [2.45, 2.75) is 20.3 Å². The first-order chi connectivity index (χ1) is 11.5. The molecule has 0 unspecified atom stereocenters. The van der Waals surface area contributed by atoms with E-state index >= 15 is 0 Å². The molecular formula is C18H20ClN3O2. The summed E-state index contributed by atoms with van der Waals surface area (Å²) in [6.07, 6.45) is 0.659. The number of anilines is 1. The monoisotopic (exact) mass is 345 g/mol. The lowest BCUT2D eigenvalue weighted by atomic mass is 10.1. The van der Waals surface area contributed by atoms with Crippen LogP contribution >= 0.6 is 11.6 Å². The maximum atomic E-state index is 12.0. The van der Waals surface area contributed by atoms with E-state index in [2.05, 4.69) is 15.8 Å². The maximum Gasteiger partial charge on any atom is 0.259 e. The number of amides is 1. The van der Waals surface area contributed by atoms with E-state index in [4.69, 9.17) is 11.6 Å². The van der Waals surface area contributed by atoms with Crippen LogP contribution in [0.15, 0.2) is 47.6 Å². The molecule has 2 aromatic rings. The predicted octanol–water partition coefficient (Wildman–Crippen LogP) is 3.70. The Morgan fingerprint density at radius 2 is 1.92 bits per heavy atom. The lowest BCUT2D eigenvalue weighted by Gasteiger charge is -2.10. The van der Waals surface area contributed by atoms with Gasteiger partial charge in [-0.2, -0.15) is 5.10 Å². The van der Waals surface area contributed by atoms with Crippen LogP contribution in [-0.2, 0) is 4.79 Å². The van der Waals surface area contributed by atoms with Crippen molar-refractivity contribution in [3.63, 3.8) is 0 Å². The first-order valence-corrected chi connectivity index (χ1v) is 8.03. The molecule has 1 amide bonds. The minimum atomic E-state index is -0.251. The van der Waals surface area contributed by atoms with E-state index in [1.807, 2.05) is 26.0 Å². The van der Waals surface area contributed by atoms with E-state index in [0.29, 0.717) is 11.4 Å². The summed E-state index contributed by atoms with van der Waals surface area (Å²) in [5.41, 5.74) is 5.85. The van der Waals surface area contributed by atoms with Crippen LogP contribution in [0.5, 0.6) is 5.75 Å². The molecule has 2 aromatic carbocycles. The van der Waals surface area contributed by atoms with Crippen LogP contribution in [0, 0.1) is 6.92 Å². The third-order valence-electron chi connectivity index (χ3n) is 3.56. The highest BCUT2D eigenvalue weighted by Gasteiger charge is 2.06. The first kappa shape index (κ1) is 17.8. The van der Waals surface area contributed by atoms with Gasteiger partial charge < -0.3 is 10.4 Å². The molecule has 0 aliphatic rings. The van der Waals surface area contributed by atoms with Crippen molar-refractivity contribution in [1.82, 2.24) is 5.43 Å². The molecule has 2 rings (SSSR count). The Morgan fingerprint density at radius 1 is 1.21 bits per heavy atom. The Balaban J connectivity index is 1.95. The number of aromatic hydroxyl groups is 1. The third-order valence-corrected chi connectivity index (χ3v) is 3.97. The second-order valence-electron chi connectivity index (χ2n) is 5.26. The predicted molar refractivity (Wildman–Crippen MR) is 97.8 cm³/mol. The summed E-state index contributed by atoms with van der Waals surface area (Å²) < 4.78 is 0. The summed E-state index contributed by atoms with van der Waals surface area (Å²) in [6, 6.07) is 12.2. The molecule has 0 bridgehead atoms. The molecule has 0 fully saturated rings. The molecule has 0 atom stereocenters. The summed E-state index contributed by atoms with van der Waals surface area (Å²) in [5.74, 6) is -0.0570. The van der Waals surface area contributed by atoms with Crippen LogP contribution in [0.2, 0.25) is 5.02 Å². The fourth-order valence-corrected chi connectivity index (χ4v) is 2.32. The molecule has 126 valence electrons. The van der Waals surface area contributed by atoms with Gasteiger partial charge in [0.25, 0.3) is 5.91 Å². The highest BCUT2D eigenvalue weighted by atomic mass is 35.5. The highest BCUT2D eigenvalue weighted by Crippen LogP contribution is 2.22. The molecule has 3 N–H and O–H groups in total. The average molecular weight is 346 g/mol. The van der Waals surface area contributed by atoms with Gasteiger partial charge in [-0.15, -0.1) is 0 Å². The number of benzene rings is 2. The van der Waals surface area contributed by atoms with Crippen molar-refractivity contribution in [2.24, 2.45) is 5.10 Å². The van der Waals surface area contributed by atoms with Gasteiger partial charge in [-0.25, -0.2) is 5.43 Å². The van der Waals surface area contributed by atoms with Gasteiger partial charge in [-0.3, -0.25) is 4.79 Å². The van der Waals surface area contributed by atoms with Gasteiger partial charge in [-0.05, 0) is 60.9 Å². The summed E-state index contributed by atoms with van der Waals surface area (Å²) in [4.78, 5) is 12.0. The van der Waals surface area contributed by atoms with E-state index in [1.165, 1.54) is 0 Å². The van der Waals surface area contributed by atoms with E-state index < -0.39 is 0 Å². The largest absolute Gasteiger partial charge is 0.508 e. The lowest BCUT2D eigenvalue weighted by molar-refractivity contribution is -0.119. The second-order valence-corrected chi connectivity index (χ2v) is 5.67. The molecule has 0 saturated heterocycles. The molecule has 5 nitrogen and oxygen atoms in total. The number of phenols is 1. The number of hydrogen-bond acceptors (Lipinski definition) is 4. The van der Waals surface area contributed by atoms with Crippen molar-refractivity contribution >= 4 is 28.9 Å². The second kappa shape index (κ2) is 8.36. The van der Waals surface area contributed by atoms with Gasteiger partial charge in [0.05, 0.1) is 12.3 Å². The van der Waals surface area contributed by atoms with Crippen molar-refractivity contribution in [3.05, 3.63) is 58.6 Å². The summed E-state index contributed by atoms with van der Waals surface area (Å²) >= 11 is 6.05. The standard InChI is InChI=1S/C18H20ClN3O2/c1-3-16(13-7-9-14(23)10-8-13)21-22-18(24)11-20-17-6-4-5-15(19)12(17)2/h4-10,20,23H,3,11H2,1-2H3,(H,22,24)/b21-16-. The van der Waals surface area contributed by atoms with Crippen molar-refractivity contribution in [1.29, 1.82) is 0 Å². The van der Waals surface area contributed by atoms with Crippen LogP contribution in [-0.4, -0.2) is 23.3 Å². The minimum Gasteiger partial charge on any atom is -0.508 e.